The first-order chi connectivity index (χ1) is 15.7. The molecule has 0 saturated heterocycles. The molecule has 170 valence electrons. The van der Waals surface area contributed by atoms with Crippen LogP contribution in [0.4, 0.5) is 13.2 Å². The lowest BCUT2D eigenvalue weighted by molar-refractivity contribution is -0.137. The van der Waals surface area contributed by atoms with Crippen molar-refractivity contribution in [2.24, 2.45) is 0 Å². The van der Waals surface area contributed by atoms with E-state index in [1.807, 2.05) is 61.6 Å². The number of aromatic nitrogens is 2. The Labute approximate surface area is 193 Å². The summed E-state index contributed by atoms with van der Waals surface area (Å²) in [5, 5.41) is -0.595. The van der Waals surface area contributed by atoms with Crippen LogP contribution in [0.3, 0.4) is 0 Å². The number of nitrogens with zero attached hydrogens (tertiary/aromatic N) is 2. The van der Waals surface area contributed by atoms with Gasteiger partial charge in [-0.3, -0.25) is 9.36 Å². The minimum absolute atomic E-state index is 0.146. The zero-order valence-electron chi connectivity index (χ0n) is 17.6. The Morgan fingerprint density at radius 2 is 1.88 bits per heavy atom. The second kappa shape index (κ2) is 8.90. The zero-order valence-corrected chi connectivity index (χ0v) is 18.4. The van der Waals surface area contributed by atoms with Crippen LogP contribution in [0.15, 0.2) is 83.8 Å². The standard InChI is InChI=1S/C25H20ClF3N2O2/c1-24(13-6-3-7-14-24)19-16-31(15-17-9-4-2-5-10-17)23(30-22(19)32)33-20-12-8-11-18(21(20)26)25(27,28)29/h2-13,16H,14-15H2,1H3. The van der Waals surface area contributed by atoms with Crippen molar-refractivity contribution >= 4 is 11.6 Å². The van der Waals surface area contributed by atoms with Crippen molar-refractivity contribution in [2.75, 3.05) is 0 Å². The maximum atomic E-state index is 13.3. The molecule has 1 aliphatic carbocycles. The van der Waals surface area contributed by atoms with Gasteiger partial charge in [-0.15, -0.1) is 0 Å². The van der Waals surface area contributed by atoms with Gasteiger partial charge in [0, 0.05) is 17.2 Å². The smallest absolute Gasteiger partial charge is 0.417 e. The summed E-state index contributed by atoms with van der Waals surface area (Å²) in [5.41, 5.74) is -0.745. The third-order valence-electron chi connectivity index (χ3n) is 5.49. The van der Waals surface area contributed by atoms with Gasteiger partial charge < -0.3 is 4.74 Å². The van der Waals surface area contributed by atoms with Crippen molar-refractivity contribution < 1.29 is 17.9 Å². The summed E-state index contributed by atoms with van der Waals surface area (Å²) in [6.45, 7) is 2.23. The summed E-state index contributed by atoms with van der Waals surface area (Å²) in [4.78, 5) is 17.1. The monoisotopic (exact) mass is 472 g/mol. The van der Waals surface area contributed by atoms with E-state index < -0.39 is 27.7 Å². The molecule has 3 aromatic rings. The van der Waals surface area contributed by atoms with E-state index in [0.29, 0.717) is 18.5 Å². The first-order valence-electron chi connectivity index (χ1n) is 10.2. The van der Waals surface area contributed by atoms with E-state index in [1.165, 1.54) is 12.1 Å². The number of ether oxygens (including phenoxy) is 1. The number of alkyl halides is 3. The summed E-state index contributed by atoms with van der Waals surface area (Å²) >= 11 is 5.99. The summed E-state index contributed by atoms with van der Waals surface area (Å²) < 4.78 is 47.1. The van der Waals surface area contributed by atoms with Crippen LogP contribution in [0.2, 0.25) is 5.02 Å². The van der Waals surface area contributed by atoms with Crippen LogP contribution < -0.4 is 10.3 Å². The number of benzene rings is 2. The summed E-state index contributed by atoms with van der Waals surface area (Å²) in [7, 11) is 0. The topological polar surface area (TPSA) is 44.1 Å². The fraction of sp³-hybridized carbons (Fsp3) is 0.200. The van der Waals surface area contributed by atoms with Gasteiger partial charge in [0.2, 0.25) is 0 Å². The maximum Gasteiger partial charge on any atom is 0.417 e. The Bertz CT molecular complexity index is 1280. The van der Waals surface area contributed by atoms with Crippen LogP contribution in [-0.4, -0.2) is 9.55 Å². The molecule has 1 aromatic heterocycles. The van der Waals surface area contributed by atoms with Crippen molar-refractivity contribution in [1.82, 2.24) is 9.55 Å². The molecule has 8 heteroatoms. The van der Waals surface area contributed by atoms with E-state index in [4.69, 9.17) is 16.3 Å². The largest absolute Gasteiger partial charge is 0.424 e. The Morgan fingerprint density at radius 1 is 1.12 bits per heavy atom. The average molecular weight is 473 g/mol. The zero-order chi connectivity index (χ0) is 23.6. The Kier molecular flexibility index (Phi) is 6.17. The quantitative estimate of drug-likeness (QED) is 0.424. The van der Waals surface area contributed by atoms with Gasteiger partial charge >= 0.3 is 12.2 Å². The van der Waals surface area contributed by atoms with Crippen LogP contribution in [-0.2, 0) is 18.1 Å². The molecule has 0 amide bonds. The van der Waals surface area contributed by atoms with E-state index in [-0.39, 0.29) is 11.8 Å². The molecular weight excluding hydrogens is 453 g/mol. The first-order valence-corrected chi connectivity index (χ1v) is 10.6. The molecule has 33 heavy (non-hydrogen) atoms. The number of hydrogen-bond donors (Lipinski definition) is 0. The highest BCUT2D eigenvalue weighted by Crippen LogP contribution is 2.40. The Hall–Kier alpha value is -3.32. The predicted molar refractivity (Wildman–Crippen MR) is 121 cm³/mol. The molecule has 0 bridgehead atoms. The molecule has 2 aromatic carbocycles. The molecule has 1 aliphatic rings. The highest BCUT2D eigenvalue weighted by Gasteiger charge is 2.35. The van der Waals surface area contributed by atoms with Crippen LogP contribution in [0.5, 0.6) is 11.8 Å². The molecule has 1 atom stereocenters. The van der Waals surface area contributed by atoms with Gasteiger partial charge in [-0.05, 0) is 24.1 Å². The molecule has 0 saturated carbocycles. The molecule has 0 radical (unpaired) electrons. The fourth-order valence-corrected chi connectivity index (χ4v) is 3.95. The van der Waals surface area contributed by atoms with Gasteiger partial charge in [0.25, 0.3) is 5.56 Å². The minimum atomic E-state index is -4.65. The Morgan fingerprint density at radius 3 is 2.55 bits per heavy atom. The lowest BCUT2D eigenvalue weighted by atomic mass is 9.78. The number of hydrogen-bond acceptors (Lipinski definition) is 3. The molecule has 4 rings (SSSR count). The van der Waals surface area contributed by atoms with Crippen molar-refractivity contribution in [1.29, 1.82) is 0 Å². The van der Waals surface area contributed by atoms with Crippen molar-refractivity contribution in [3.05, 3.63) is 111 Å². The molecule has 0 N–H and O–H groups in total. The second-order valence-corrected chi connectivity index (χ2v) is 8.36. The molecule has 1 heterocycles. The molecule has 0 spiro atoms. The first kappa shape index (κ1) is 22.9. The summed E-state index contributed by atoms with van der Waals surface area (Å²) in [6, 6.07) is 12.6. The van der Waals surface area contributed by atoms with Crippen LogP contribution in [0.25, 0.3) is 0 Å². The van der Waals surface area contributed by atoms with Crippen LogP contribution in [0.1, 0.15) is 30.0 Å². The lowest BCUT2D eigenvalue weighted by Gasteiger charge is -2.27. The van der Waals surface area contributed by atoms with Gasteiger partial charge in [-0.25, -0.2) is 0 Å². The predicted octanol–water partition coefficient (Wildman–Crippen LogP) is 6.53. The summed E-state index contributed by atoms with van der Waals surface area (Å²) in [6.07, 6.45) is 5.30. The highest BCUT2D eigenvalue weighted by molar-refractivity contribution is 6.32. The minimum Gasteiger partial charge on any atom is -0.424 e. The van der Waals surface area contributed by atoms with E-state index in [0.717, 1.165) is 11.6 Å². The van der Waals surface area contributed by atoms with E-state index in [2.05, 4.69) is 4.98 Å². The number of halogens is 4. The molecule has 0 aliphatic heterocycles. The number of allylic oxidation sites excluding steroid dienone is 4. The average Bonchev–Trinajstić information content (AvgIpc) is 2.77. The third kappa shape index (κ3) is 4.88. The normalized spacial score (nSPS) is 17.8. The van der Waals surface area contributed by atoms with Crippen molar-refractivity contribution in [3.63, 3.8) is 0 Å². The van der Waals surface area contributed by atoms with Gasteiger partial charge in [0.15, 0.2) is 0 Å². The molecule has 4 nitrogen and oxygen atoms in total. The third-order valence-corrected chi connectivity index (χ3v) is 5.88. The van der Waals surface area contributed by atoms with Gasteiger partial charge in [-0.1, -0.05) is 79.2 Å². The lowest BCUT2D eigenvalue weighted by Crippen LogP contribution is -2.31. The van der Waals surface area contributed by atoms with Crippen LogP contribution >= 0.6 is 11.6 Å². The maximum absolute atomic E-state index is 13.3. The van der Waals surface area contributed by atoms with Gasteiger partial charge in [-0.2, -0.15) is 18.2 Å². The van der Waals surface area contributed by atoms with Crippen LogP contribution in [0, 0.1) is 0 Å². The second-order valence-electron chi connectivity index (χ2n) is 7.98. The Balaban J connectivity index is 1.81. The van der Waals surface area contributed by atoms with Crippen molar-refractivity contribution in [3.8, 4) is 11.8 Å². The van der Waals surface area contributed by atoms with E-state index in [9.17, 15) is 18.0 Å². The van der Waals surface area contributed by atoms with E-state index in [1.54, 1.807) is 10.8 Å². The van der Waals surface area contributed by atoms with E-state index >= 15 is 0 Å². The molecular formula is C25H20ClF3N2O2. The fourth-order valence-electron chi connectivity index (χ4n) is 3.68. The summed E-state index contributed by atoms with van der Waals surface area (Å²) in [5.74, 6) is -0.236. The van der Waals surface area contributed by atoms with Gasteiger partial charge in [0.05, 0.1) is 17.1 Å². The number of rotatable bonds is 5. The SMILES string of the molecule is CC1(c2cn(Cc3ccccc3)c(Oc3cccc(C(F)(F)F)c3Cl)nc2=O)C=CC=CC1. The van der Waals surface area contributed by atoms with Gasteiger partial charge in [0.1, 0.15) is 5.75 Å². The molecule has 0 fully saturated rings. The van der Waals surface area contributed by atoms with Crippen molar-refractivity contribution in [2.45, 2.75) is 31.5 Å². The highest BCUT2D eigenvalue weighted by atomic mass is 35.5. The molecule has 1 unspecified atom stereocenters.